The SMILES string of the molecule is COc1ccc(CNC2(C)CCCOC2)cc1OC(F)F. The normalized spacial score (nSPS) is 22.3. The number of hydrogen-bond donors (Lipinski definition) is 1. The summed E-state index contributed by atoms with van der Waals surface area (Å²) in [7, 11) is 1.42. The number of halogens is 2. The molecule has 1 saturated heterocycles. The highest BCUT2D eigenvalue weighted by molar-refractivity contribution is 5.43. The zero-order chi connectivity index (χ0) is 15.3. The molecule has 2 rings (SSSR count). The molecule has 0 amide bonds. The van der Waals surface area contributed by atoms with Crippen molar-refractivity contribution in [3.63, 3.8) is 0 Å². The van der Waals surface area contributed by atoms with Crippen molar-refractivity contribution in [3.8, 4) is 11.5 Å². The highest BCUT2D eigenvalue weighted by atomic mass is 19.3. The van der Waals surface area contributed by atoms with E-state index in [1.54, 1.807) is 12.1 Å². The lowest BCUT2D eigenvalue weighted by atomic mass is 9.94. The number of ether oxygens (including phenoxy) is 3. The molecule has 4 nitrogen and oxygen atoms in total. The number of rotatable bonds is 6. The Kier molecular flexibility index (Phi) is 5.36. The molecule has 1 heterocycles. The molecule has 1 aliphatic rings. The van der Waals surface area contributed by atoms with E-state index in [2.05, 4.69) is 17.0 Å². The summed E-state index contributed by atoms with van der Waals surface area (Å²) in [5.41, 5.74) is 0.778. The van der Waals surface area contributed by atoms with Crippen molar-refractivity contribution in [2.24, 2.45) is 0 Å². The summed E-state index contributed by atoms with van der Waals surface area (Å²) in [6, 6.07) is 5.04. The maximum absolute atomic E-state index is 12.4. The lowest BCUT2D eigenvalue weighted by Gasteiger charge is -2.34. The molecule has 0 spiro atoms. The minimum absolute atomic E-state index is 0.0526. The molecule has 1 aliphatic heterocycles. The predicted octanol–water partition coefficient (Wildman–Crippen LogP) is 2.96. The first-order chi connectivity index (χ1) is 10.0. The first-order valence-corrected chi connectivity index (χ1v) is 6.97. The third kappa shape index (κ3) is 4.54. The van der Waals surface area contributed by atoms with E-state index >= 15 is 0 Å². The van der Waals surface area contributed by atoms with Crippen molar-refractivity contribution in [1.82, 2.24) is 5.32 Å². The van der Waals surface area contributed by atoms with Gasteiger partial charge in [-0.15, -0.1) is 0 Å². The highest BCUT2D eigenvalue weighted by Crippen LogP contribution is 2.30. The minimum Gasteiger partial charge on any atom is -0.493 e. The topological polar surface area (TPSA) is 39.7 Å². The predicted molar refractivity (Wildman–Crippen MR) is 74.9 cm³/mol. The third-order valence-corrected chi connectivity index (χ3v) is 3.60. The Balaban J connectivity index is 2.02. The summed E-state index contributed by atoms with van der Waals surface area (Å²) < 4.78 is 39.8. The van der Waals surface area contributed by atoms with Crippen LogP contribution in [0.2, 0.25) is 0 Å². The van der Waals surface area contributed by atoms with Crippen LogP contribution in [0.25, 0.3) is 0 Å². The summed E-state index contributed by atoms with van der Waals surface area (Å²) >= 11 is 0. The minimum atomic E-state index is -2.87. The Hall–Kier alpha value is -1.40. The second-order valence-corrected chi connectivity index (χ2v) is 5.43. The van der Waals surface area contributed by atoms with Crippen LogP contribution in [0.3, 0.4) is 0 Å². The van der Waals surface area contributed by atoms with E-state index in [0.29, 0.717) is 18.9 Å². The Morgan fingerprint density at radius 1 is 1.38 bits per heavy atom. The highest BCUT2D eigenvalue weighted by Gasteiger charge is 2.26. The maximum Gasteiger partial charge on any atom is 0.387 e. The van der Waals surface area contributed by atoms with E-state index in [1.165, 1.54) is 7.11 Å². The van der Waals surface area contributed by atoms with Gasteiger partial charge in [0.1, 0.15) is 0 Å². The van der Waals surface area contributed by atoms with Crippen LogP contribution in [0.4, 0.5) is 8.78 Å². The Labute approximate surface area is 123 Å². The van der Waals surface area contributed by atoms with Crippen LogP contribution in [-0.4, -0.2) is 32.5 Å². The average Bonchev–Trinajstić information content (AvgIpc) is 2.46. The van der Waals surface area contributed by atoms with Gasteiger partial charge in [-0.1, -0.05) is 6.07 Å². The molecule has 1 N–H and O–H groups in total. The van der Waals surface area contributed by atoms with Gasteiger partial charge in [0.15, 0.2) is 11.5 Å². The summed E-state index contributed by atoms with van der Waals surface area (Å²) in [5, 5.41) is 3.42. The molecular weight excluding hydrogens is 280 g/mol. The molecular formula is C15H21F2NO3. The van der Waals surface area contributed by atoms with E-state index in [1.807, 2.05) is 6.07 Å². The smallest absolute Gasteiger partial charge is 0.387 e. The molecule has 1 fully saturated rings. The molecule has 0 aromatic heterocycles. The largest absolute Gasteiger partial charge is 0.493 e. The second kappa shape index (κ2) is 7.04. The maximum atomic E-state index is 12.4. The third-order valence-electron chi connectivity index (χ3n) is 3.60. The van der Waals surface area contributed by atoms with Crippen molar-refractivity contribution in [2.45, 2.75) is 38.5 Å². The zero-order valence-electron chi connectivity index (χ0n) is 12.3. The van der Waals surface area contributed by atoms with E-state index in [4.69, 9.17) is 9.47 Å². The summed E-state index contributed by atoms with van der Waals surface area (Å²) in [4.78, 5) is 0. The Morgan fingerprint density at radius 3 is 2.81 bits per heavy atom. The van der Waals surface area contributed by atoms with E-state index < -0.39 is 6.61 Å². The molecule has 21 heavy (non-hydrogen) atoms. The first kappa shape index (κ1) is 16.0. The standard InChI is InChI=1S/C15H21F2NO3/c1-15(6-3-7-20-10-15)18-9-11-4-5-12(19-2)13(8-11)21-14(16)17/h4-5,8,14,18H,3,6-7,9-10H2,1-2H3. The zero-order valence-corrected chi connectivity index (χ0v) is 12.3. The Bertz CT molecular complexity index is 462. The van der Waals surface area contributed by atoms with Crippen LogP contribution in [0.15, 0.2) is 18.2 Å². The van der Waals surface area contributed by atoms with Gasteiger partial charge >= 0.3 is 6.61 Å². The van der Waals surface area contributed by atoms with Gasteiger partial charge in [0.2, 0.25) is 0 Å². The second-order valence-electron chi connectivity index (χ2n) is 5.43. The number of benzene rings is 1. The molecule has 1 aromatic rings. The van der Waals surface area contributed by atoms with Gasteiger partial charge in [0, 0.05) is 18.7 Å². The molecule has 0 saturated carbocycles. The van der Waals surface area contributed by atoms with Gasteiger partial charge in [0.05, 0.1) is 13.7 Å². The van der Waals surface area contributed by atoms with E-state index in [-0.39, 0.29) is 11.3 Å². The number of alkyl halides is 2. The van der Waals surface area contributed by atoms with Crippen LogP contribution in [0.5, 0.6) is 11.5 Å². The fourth-order valence-electron chi connectivity index (χ4n) is 2.41. The molecule has 1 atom stereocenters. The van der Waals surface area contributed by atoms with Crippen LogP contribution < -0.4 is 14.8 Å². The lowest BCUT2D eigenvalue weighted by molar-refractivity contribution is -0.0512. The number of hydrogen-bond acceptors (Lipinski definition) is 4. The van der Waals surface area contributed by atoms with Crippen LogP contribution in [-0.2, 0) is 11.3 Å². The van der Waals surface area contributed by atoms with Crippen LogP contribution >= 0.6 is 0 Å². The van der Waals surface area contributed by atoms with Crippen LogP contribution in [0.1, 0.15) is 25.3 Å². The molecule has 6 heteroatoms. The van der Waals surface area contributed by atoms with Crippen molar-refractivity contribution in [3.05, 3.63) is 23.8 Å². The number of methoxy groups -OCH3 is 1. The van der Waals surface area contributed by atoms with E-state index in [9.17, 15) is 8.78 Å². The van der Waals surface area contributed by atoms with Crippen molar-refractivity contribution in [2.75, 3.05) is 20.3 Å². The van der Waals surface area contributed by atoms with Gasteiger partial charge in [-0.2, -0.15) is 8.78 Å². The molecule has 0 bridgehead atoms. The van der Waals surface area contributed by atoms with Gasteiger partial charge in [-0.3, -0.25) is 0 Å². The summed E-state index contributed by atoms with van der Waals surface area (Å²) in [6.07, 6.45) is 2.05. The quantitative estimate of drug-likeness (QED) is 0.877. The summed E-state index contributed by atoms with van der Waals surface area (Å²) in [5.74, 6) is 0.350. The lowest BCUT2D eigenvalue weighted by Crippen LogP contribution is -2.48. The fraction of sp³-hybridized carbons (Fsp3) is 0.600. The molecule has 118 valence electrons. The van der Waals surface area contributed by atoms with Gasteiger partial charge in [-0.05, 0) is 37.5 Å². The average molecular weight is 301 g/mol. The monoisotopic (exact) mass is 301 g/mol. The molecule has 1 unspecified atom stereocenters. The van der Waals surface area contributed by atoms with Crippen molar-refractivity contribution >= 4 is 0 Å². The fourth-order valence-corrected chi connectivity index (χ4v) is 2.41. The van der Waals surface area contributed by atoms with Crippen LogP contribution in [0, 0.1) is 0 Å². The van der Waals surface area contributed by atoms with E-state index in [0.717, 1.165) is 25.0 Å². The number of nitrogens with one attached hydrogen (secondary N) is 1. The van der Waals surface area contributed by atoms with Gasteiger partial charge in [-0.25, -0.2) is 0 Å². The van der Waals surface area contributed by atoms with Gasteiger partial charge < -0.3 is 19.5 Å². The molecule has 0 radical (unpaired) electrons. The Morgan fingerprint density at radius 2 is 2.19 bits per heavy atom. The van der Waals surface area contributed by atoms with Gasteiger partial charge in [0.25, 0.3) is 0 Å². The van der Waals surface area contributed by atoms with Crippen molar-refractivity contribution in [1.29, 1.82) is 0 Å². The molecule has 1 aromatic carbocycles. The first-order valence-electron chi connectivity index (χ1n) is 6.97. The van der Waals surface area contributed by atoms with Crippen molar-refractivity contribution < 1.29 is 23.0 Å². The molecule has 0 aliphatic carbocycles. The summed E-state index contributed by atoms with van der Waals surface area (Å²) in [6.45, 7) is 1.25.